The van der Waals surface area contributed by atoms with Crippen LogP contribution in [0.15, 0.2) is 51.7 Å². The molecule has 1 unspecified atom stereocenters. The van der Waals surface area contributed by atoms with E-state index in [4.69, 9.17) is 9.15 Å². The Morgan fingerprint density at radius 1 is 1.04 bits per heavy atom. The minimum Gasteiger partial charge on any atom is -0.484 e. The first kappa shape index (κ1) is 18.7. The number of carbonyl (C=O) groups excluding carboxylic acids is 1. The van der Waals surface area contributed by atoms with E-state index in [-0.39, 0.29) is 18.6 Å². The number of benzene rings is 2. The lowest BCUT2D eigenvalue weighted by Crippen LogP contribution is -2.31. The van der Waals surface area contributed by atoms with E-state index in [1.54, 1.807) is 12.1 Å². The minimum absolute atomic E-state index is 0.113. The first-order valence-corrected chi connectivity index (χ1v) is 8.87. The minimum atomic E-state index is -0.405. The molecule has 140 valence electrons. The largest absolute Gasteiger partial charge is 0.484 e. The van der Waals surface area contributed by atoms with Crippen molar-refractivity contribution in [3.63, 3.8) is 0 Å². The van der Waals surface area contributed by atoms with Gasteiger partial charge in [0, 0.05) is 17.5 Å². The van der Waals surface area contributed by atoms with E-state index >= 15 is 0 Å². The molecule has 3 rings (SSSR count). The maximum absolute atomic E-state index is 12.2. The summed E-state index contributed by atoms with van der Waals surface area (Å²) >= 11 is 0. The molecule has 1 amide bonds. The van der Waals surface area contributed by atoms with E-state index in [1.165, 1.54) is 17.2 Å². The van der Waals surface area contributed by atoms with Crippen molar-refractivity contribution in [2.45, 2.75) is 33.7 Å². The molecule has 0 fully saturated rings. The second-order valence-electron chi connectivity index (χ2n) is 6.83. The van der Waals surface area contributed by atoms with E-state index in [1.807, 2.05) is 26.0 Å². The molecule has 1 heterocycles. The highest BCUT2D eigenvalue weighted by Gasteiger charge is 2.11. The fraction of sp³-hybridized carbons (Fsp3) is 0.273. The van der Waals surface area contributed by atoms with Crippen molar-refractivity contribution in [3.05, 3.63) is 75.1 Å². The van der Waals surface area contributed by atoms with Gasteiger partial charge in [-0.25, -0.2) is 4.79 Å². The molecule has 1 N–H and O–H groups in total. The molecular weight excluding hydrogens is 342 g/mol. The Morgan fingerprint density at radius 2 is 1.81 bits per heavy atom. The number of carbonyl (C=O) groups is 1. The van der Waals surface area contributed by atoms with Crippen LogP contribution in [0.25, 0.3) is 11.0 Å². The molecule has 3 aromatic rings. The van der Waals surface area contributed by atoms with Crippen LogP contribution in [0.1, 0.15) is 35.2 Å². The second-order valence-corrected chi connectivity index (χ2v) is 6.83. The molecule has 0 aliphatic rings. The third kappa shape index (κ3) is 4.37. The molecule has 0 saturated heterocycles. The maximum Gasteiger partial charge on any atom is 0.336 e. The number of amides is 1. The third-order valence-corrected chi connectivity index (χ3v) is 4.70. The van der Waals surface area contributed by atoms with Gasteiger partial charge in [-0.1, -0.05) is 18.2 Å². The van der Waals surface area contributed by atoms with Crippen LogP contribution in [0.3, 0.4) is 0 Å². The number of ether oxygens (including phenoxy) is 1. The van der Waals surface area contributed by atoms with Crippen LogP contribution in [0.4, 0.5) is 0 Å². The summed E-state index contributed by atoms with van der Waals surface area (Å²) in [6.07, 6.45) is 0. The Bertz CT molecular complexity index is 1050. The van der Waals surface area contributed by atoms with Crippen LogP contribution in [0.5, 0.6) is 5.75 Å². The van der Waals surface area contributed by atoms with Gasteiger partial charge in [-0.05, 0) is 62.1 Å². The highest BCUT2D eigenvalue weighted by atomic mass is 16.5. The molecule has 1 aromatic heterocycles. The average Bonchev–Trinajstić information content (AvgIpc) is 2.61. The molecule has 0 aliphatic carbocycles. The van der Waals surface area contributed by atoms with Crippen molar-refractivity contribution >= 4 is 16.9 Å². The molecule has 5 heteroatoms. The Labute approximate surface area is 158 Å². The fourth-order valence-electron chi connectivity index (χ4n) is 2.94. The van der Waals surface area contributed by atoms with Gasteiger partial charge in [-0.3, -0.25) is 4.79 Å². The van der Waals surface area contributed by atoms with Gasteiger partial charge >= 0.3 is 5.63 Å². The van der Waals surface area contributed by atoms with Crippen LogP contribution in [-0.2, 0) is 4.79 Å². The summed E-state index contributed by atoms with van der Waals surface area (Å²) < 4.78 is 10.8. The maximum atomic E-state index is 12.2. The van der Waals surface area contributed by atoms with Crippen molar-refractivity contribution in [3.8, 4) is 5.75 Å². The molecule has 27 heavy (non-hydrogen) atoms. The summed E-state index contributed by atoms with van der Waals surface area (Å²) in [5, 5.41) is 3.77. The van der Waals surface area contributed by atoms with Gasteiger partial charge in [0.15, 0.2) is 6.61 Å². The molecule has 1 atom stereocenters. The quantitative estimate of drug-likeness (QED) is 0.695. The predicted molar refractivity (Wildman–Crippen MR) is 105 cm³/mol. The van der Waals surface area contributed by atoms with E-state index in [0.717, 1.165) is 16.5 Å². The molecule has 0 aliphatic heterocycles. The topological polar surface area (TPSA) is 68.5 Å². The number of nitrogens with one attached hydrogen (secondary N) is 1. The Morgan fingerprint density at radius 3 is 2.56 bits per heavy atom. The summed E-state index contributed by atoms with van der Waals surface area (Å²) in [6.45, 7) is 7.78. The van der Waals surface area contributed by atoms with Gasteiger partial charge in [0.05, 0.1) is 6.04 Å². The van der Waals surface area contributed by atoms with Gasteiger partial charge in [0.2, 0.25) is 0 Å². The van der Waals surface area contributed by atoms with Gasteiger partial charge in [0.25, 0.3) is 5.91 Å². The molecular formula is C22H23NO4. The zero-order chi connectivity index (χ0) is 19.6. The standard InChI is InChI=1S/C22H23NO4/c1-13-5-6-17(9-14(13)2)16(4)23-21(24)12-26-18-7-8-19-15(3)10-22(25)27-20(19)11-18/h5-11,16H,12H2,1-4H3,(H,23,24). The van der Waals surface area contributed by atoms with Gasteiger partial charge < -0.3 is 14.5 Å². The summed E-state index contributed by atoms with van der Waals surface area (Å²) in [6, 6.07) is 12.7. The second kappa shape index (κ2) is 7.66. The van der Waals surface area contributed by atoms with Crippen molar-refractivity contribution < 1.29 is 13.9 Å². The Kier molecular flexibility index (Phi) is 5.31. The molecule has 2 aromatic carbocycles. The van der Waals surface area contributed by atoms with Gasteiger partial charge in [0.1, 0.15) is 11.3 Å². The molecule has 0 spiro atoms. The highest BCUT2D eigenvalue weighted by molar-refractivity contribution is 5.81. The van der Waals surface area contributed by atoms with Gasteiger partial charge in [-0.15, -0.1) is 0 Å². The summed E-state index contributed by atoms with van der Waals surface area (Å²) in [5.74, 6) is 0.261. The van der Waals surface area contributed by atoms with Crippen molar-refractivity contribution in [1.29, 1.82) is 0 Å². The Hall–Kier alpha value is -3.08. The van der Waals surface area contributed by atoms with Gasteiger partial charge in [-0.2, -0.15) is 0 Å². The van der Waals surface area contributed by atoms with Crippen molar-refractivity contribution in [2.24, 2.45) is 0 Å². The number of rotatable bonds is 5. The molecule has 0 saturated carbocycles. The van der Waals surface area contributed by atoms with E-state index in [9.17, 15) is 9.59 Å². The van der Waals surface area contributed by atoms with Crippen molar-refractivity contribution in [1.82, 2.24) is 5.32 Å². The van der Waals surface area contributed by atoms with Crippen molar-refractivity contribution in [2.75, 3.05) is 6.61 Å². The lowest BCUT2D eigenvalue weighted by molar-refractivity contribution is -0.123. The zero-order valence-electron chi connectivity index (χ0n) is 16.0. The van der Waals surface area contributed by atoms with Crippen LogP contribution in [0.2, 0.25) is 0 Å². The number of hydrogen-bond donors (Lipinski definition) is 1. The summed E-state index contributed by atoms with van der Waals surface area (Å²) in [5.41, 5.74) is 4.34. The van der Waals surface area contributed by atoms with Crippen LogP contribution in [-0.4, -0.2) is 12.5 Å². The van der Waals surface area contributed by atoms with Crippen LogP contribution < -0.4 is 15.7 Å². The van der Waals surface area contributed by atoms with E-state index in [0.29, 0.717) is 11.3 Å². The fourth-order valence-corrected chi connectivity index (χ4v) is 2.94. The first-order chi connectivity index (χ1) is 12.8. The SMILES string of the molecule is Cc1ccc(C(C)NC(=O)COc2ccc3c(C)cc(=O)oc3c2)cc1C. The van der Waals surface area contributed by atoms with Crippen LogP contribution >= 0.6 is 0 Å². The molecule has 0 bridgehead atoms. The predicted octanol–water partition coefficient (Wildman–Crippen LogP) is 3.97. The first-order valence-electron chi connectivity index (χ1n) is 8.87. The lowest BCUT2D eigenvalue weighted by Gasteiger charge is -2.16. The monoisotopic (exact) mass is 365 g/mol. The number of aryl methyl sites for hydroxylation is 3. The Balaban J connectivity index is 1.64. The molecule has 5 nitrogen and oxygen atoms in total. The lowest BCUT2D eigenvalue weighted by atomic mass is 10.0. The third-order valence-electron chi connectivity index (χ3n) is 4.70. The summed E-state index contributed by atoms with van der Waals surface area (Å²) in [4.78, 5) is 23.7. The van der Waals surface area contributed by atoms with E-state index in [2.05, 4.69) is 31.3 Å². The number of hydrogen-bond acceptors (Lipinski definition) is 4. The zero-order valence-corrected chi connectivity index (χ0v) is 16.0. The van der Waals surface area contributed by atoms with Crippen LogP contribution in [0, 0.1) is 20.8 Å². The normalized spacial score (nSPS) is 12.0. The molecule has 0 radical (unpaired) electrons. The smallest absolute Gasteiger partial charge is 0.336 e. The number of fused-ring (bicyclic) bond motifs is 1. The highest BCUT2D eigenvalue weighted by Crippen LogP contribution is 2.22. The van der Waals surface area contributed by atoms with E-state index < -0.39 is 5.63 Å². The summed E-state index contributed by atoms with van der Waals surface area (Å²) in [7, 11) is 0. The average molecular weight is 365 g/mol.